The summed E-state index contributed by atoms with van der Waals surface area (Å²) < 4.78 is 27.7. The quantitative estimate of drug-likeness (QED) is 0.746. The van der Waals surface area contributed by atoms with Gasteiger partial charge in [-0.05, 0) is 18.2 Å². The molecule has 0 bridgehead atoms. The molecular formula is C11H13Cl2F2NO2. The van der Waals surface area contributed by atoms with Crippen LogP contribution in [0.25, 0.3) is 0 Å². The maximum absolute atomic E-state index is 13.8. The largest absolute Gasteiger partial charge is 0.393 e. The van der Waals surface area contributed by atoms with Crippen molar-refractivity contribution in [2.75, 3.05) is 18.5 Å². The van der Waals surface area contributed by atoms with Crippen LogP contribution in [-0.2, 0) is 5.60 Å². The van der Waals surface area contributed by atoms with E-state index >= 15 is 0 Å². The first-order valence-electron chi connectivity index (χ1n) is 5.16. The Bertz CT molecular complexity index is 445. The second-order valence-electron chi connectivity index (χ2n) is 4.09. The topological polar surface area (TPSA) is 52.5 Å². The van der Waals surface area contributed by atoms with Crippen molar-refractivity contribution < 1.29 is 19.0 Å². The predicted octanol–water partition coefficient (Wildman–Crippen LogP) is 2.39. The van der Waals surface area contributed by atoms with Gasteiger partial charge in [0.05, 0.1) is 6.61 Å². The maximum atomic E-state index is 13.8. The number of benzene rings is 1. The van der Waals surface area contributed by atoms with Crippen LogP contribution in [0.1, 0.15) is 12.0 Å². The van der Waals surface area contributed by atoms with Crippen LogP contribution in [0.3, 0.4) is 0 Å². The predicted molar refractivity (Wildman–Crippen MR) is 67.7 cm³/mol. The van der Waals surface area contributed by atoms with E-state index in [1.807, 2.05) is 0 Å². The van der Waals surface area contributed by atoms with Crippen molar-refractivity contribution in [1.82, 2.24) is 0 Å². The van der Waals surface area contributed by atoms with Crippen LogP contribution in [0.5, 0.6) is 0 Å². The van der Waals surface area contributed by atoms with Gasteiger partial charge in [0.1, 0.15) is 0 Å². The second kappa shape index (κ2) is 5.17. The molecule has 3 nitrogen and oxygen atoms in total. The molecular weight excluding hydrogens is 287 g/mol. The fourth-order valence-electron chi connectivity index (χ4n) is 1.97. The fourth-order valence-corrected chi connectivity index (χ4v) is 2.14. The van der Waals surface area contributed by atoms with E-state index in [0.717, 1.165) is 0 Å². The molecule has 0 fully saturated rings. The van der Waals surface area contributed by atoms with E-state index in [-0.39, 0.29) is 29.5 Å². The first-order chi connectivity index (χ1) is 7.90. The lowest BCUT2D eigenvalue weighted by atomic mass is 9.86. The first kappa shape index (κ1) is 15.4. The minimum Gasteiger partial charge on any atom is -0.393 e. The fraction of sp³-hybridized carbons (Fsp3) is 0.455. The van der Waals surface area contributed by atoms with Gasteiger partial charge in [-0.15, -0.1) is 12.4 Å². The summed E-state index contributed by atoms with van der Waals surface area (Å²) in [5.41, 5.74) is -2.31. The number of halogens is 4. The third-order valence-corrected chi connectivity index (χ3v) is 3.25. The molecule has 3 N–H and O–H groups in total. The molecule has 0 radical (unpaired) electrons. The third-order valence-electron chi connectivity index (χ3n) is 3.02. The summed E-state index contributed by atoms with van der Waals surface area (Å²) in [5.74, 6) is -3.41. The van der Waals surface area contributed by atoms with E-state index in [1.165, 1.54) is 18.2 Å². The Morgan fingerprint density at radius 1 is 1.39 bits per heavy atom. The lowest BCUT2D eigenvalue weighted by molar-refractivity contribution is -0.205. The Balaban J connectivity index is 0.00000162. The highest BCUT2D eigenvalue weighted by atomic mass is 35.5. The van der Waals surface area contributed by atoms with Gasteiger partial charge in [0.2, 0.25) is 0 Å². The molecule has 0 amide bonds. The van der Waals surface area contributed by atoms with Gasteiger partial charge in [0.15, 0.2) is 5.60 Å². The number of aliphatic hydroxyl groups is 2. The van der Waals surface area contributed by atoms with Crippen molar-refractivity contribution in [3.63, 3.8) is 0 Å². The highest BCUT2D eigenvalue weighted by molar-refractivity contribution is 6.30. The van der Waals surface area contributed by atoms with Gasteiger partial charge in [0.25, 0.3) is 5.92 Å². The van der Waals surface area contributed by atoms with Crippen molar-refractivity contribution in [2.45, 2.75) is 17.9 Å². The number of aliphatic hydroxyl groups excluding tert-OH is 1. The van der Waals surface area contributed by atoms with Crippen LogP contribution in [0.15, 0.2) is 18.2 Å². The Hall–Kier alpha value is -0.620. The van der Waals surface area contributed by atoms with Crippen LogP contribution in [-0.4, -0.2) is 29.3 Å². The number of nitrogens with one attached hydrogen (secondary N) is 1. The molecule has 0 unspecified atom stereocenters. The van der Waals surface area contributed by atoms with E-state index in [4.69, 9.17) is 16.7 Å². The van der Waals surface area contributed by atoms with Crippen LogP contribution in [0.2, 0.25) is 5.02 Å². The molecule has 1 atom stereocenters. The highest BCUT2D eigenvalue weighted by Gasteiger charge is 2.55. The zero-order valence-corrected chi connectivity index (χ0v) is 10.9. The summed E-state index contributed by atoms with van der Waals surface area (Å²) in [5, 5.41) is 22.2. The summed E-state index contributed by atoms with van der Waals surface area (Å²) in [4.78, 5) is 0. The SMILES string of the molecule is Cl.OC[C@]1(O)c2cc(Cl)ccc2NCCC1(F)F. The molecule has 18 heavy (non-hydrogen) atoms. The van der Waals surface area contributed by atoms with E-state index < -0.39 is 24.6 Å². The molecule has 1 aliphatic heterocycles. The monoisotopic (exact) mass is 299 g/mol. The maximum Gasteiger partial charge on any atom is 0.284 e. The Morgan fingerprint density at radius 2 is 2.06 bits per heavy atom. The summed E-state index contributed by atoms with van der Waals surface area (Å²) in [6.07, 6.45) is -0.559. The van der Waals surface area contributed by atoms with Gasteiger partial charge in [0, 0.05) is 29.2 Å². The molecule has 7 heteroatoms. The number of anilines is 1. The minimum atomic E-state index is -3.41. The van der Waals surface area contributed by atoms with E-state index in [1.54, 1.807) is 0 Å². The van der Waals surface area contributed by atoms with Crippen molar-refractivity contribution in [3.8, 4) is 0 Å². The van der Waals surface area contributed by atoms with Crippen molar-refractivity contribution in [2.24, 2.45) is 0 Å². The Kier molecular flexibility index (Phi) is 4.43. The first-order valence-corrected chi connectivity index (χ1v) is 5.53. The second-order valence-corrected chi connectivity index (χ2v) is 4.53. The molecule has 0 saturated heterocycles. The van der Waals surface area contributed by atoms with Crippen LogP contribution < -0.4 is 5.32 Å². The summed E-state index contributed by atoms with van der Waals surface area (Å²) in [6, 6.07) is 4.30. The van der Waals surface area contributed by atoms with Gasteiger partial charge in [-0.2, -0.15) is 0 Å². The third kappa shape index (κ3) is 2.28. The van der Waals surface area contributed by atoms with Gasteiger partial charge in [-0.25, -0.2) is 8.78 Å². The number of fused-ring (bicyclic) bond motifs is 1. The number of alkyl halides is 2. The number of hydrogen-bond donors (Lipinski definition) is 3. The van der Waals surface area contributed by atoms with Crippen LogP contribution >= 0.6 is 24.0 Å². The van der Waals surface area contributed by atoms with Gasteiger partial charge in [-0.3, -0.25) is 0 Å². The molecule has 1 aromatic rings. The van der Waals surface area contributed by atoms with Crippen molar-refractivity contribution in [3.05, 3.63) is 28.8 Å². The van der Waals surface area contributed by atoms with Crippen LogP contribution in [0.4, 0.5) is 14.5 Å². The molecule has 0 saturated carbocycles. The molecule has 0 aliphatic carbocycles. The smallest absolute Gasteiger partial charge is 0.284 e. The Labute approximate surface area is 114 Å². The van der Waals surface area contributed by atoms with Crippen molar-refractivity contribution >= 4 is 29.7 Å². The Morgan fingerprint density at radius 3 is 2.67 bits per heavy atom. The van der Waals surface area contributed by atoms with Gasteiger partial charge in [-0.1, -0.05) is 11.6 Å². The molecule has 1 aromatic carbocycles. The molecule has 2 rings (SSSR count). The molecule has 102 valence electrons. The molecule has 0 aromatic heterocycles. The van der Waals surface area contributed by atoms with Gasteiger partial charge < -0.3 is 15.5 Å². The van der Waals surface area contributed by atoms with E-state index in [0.29, 0.717) is 5.69 Å². The zero-order valence-electron chi connectivity index (χ0n) is 9.29. The van der Waals surface area contributed by atoms with Gasteiger partial charge >= 0.3 is 0 Å². The summed E-state index contributed by atoms with van der Waals surface area (Å²) in [6.45, 7) is -1.04. The molecule has 0 spiro atoms. The van der Waals surface area contributed by atoms with E-state index in [2.05, 4.69) is 5.32 Å². The normalized spacial score (nSPS) is 25.4. The van der Waals surface area contributed by atoms with Crippen LogP contribution in [0, 0.1) is 0 Å². The standard InChI is InChI=1S/C11H12ClF2NO2.ClH/c12-7-1-2-9-8(5-7)10(17,6-16)11(13,14)3-4-15-9;/h1-2,5,15-17H,3-4,6H2;1H/t10-;/m0./s1. The molecule has 1 aliphatic rings. The average molecular weight is 300 g/mol. The lowest BCUT2D eigenvalue weighted by Crippen LogP contribution is -2.48. The average Bonchev–Trinajstić information content (AvgIpc) is 2.37. The minimum absolute atomic E-state index is 0. The zero-order chi connectivity index (χ0) is 12.7. The summed E-state index contributed by atoms with van der Waals surface area (Å²) in [7, 11) is 0. The molecule has 1 heterocycles. The summed E-state index contributed by atoms with van der Waals surface area (Å²) >= 11 is 5.74. The van der Waals surface area contributed by atoms with Crippen molar-refractivity contribution in [1.29, 1.82) is 0 Å². The van der Waals surface area contributed by atoms with E-state index in [9.17, 15) is 13.9 Å². The number of rotatable bonds is 1. The lowest BCUT2D eigenvalue weighted by Gasteiger charge is -2.33. The number of hydrogen-bond acceptors (Lipinski definition) is 3. The highest BCUT2D eigenvalue weighted by Crippen LogP contribution is 2.45.